The number of halogens is 1. The fraction of sp³-hybridized carbons (Fsp3) is 0.529. The third-order valence-electron chi connectivity index (χ3n) is 4.22. The van der Waals surface area contributed by atoms with E-state index in [0.29, 0.717) is 28.7 Å². The molecule has 1 aromatic rings. The molecule has 0 unspecified atom stereocenters. The van der Waals surface area contributed by atoms with Crippen LogP contribution in [0.2, 0.25) is 5.02 Å². The molecule has 126 valence electrons. The first kappa shape index (κ1) is 17.8. The van der Waals surface area contributed by atoms with Crippen LogP contribution < -0.4 is 16.4 Å². The van der Waals surface area contributed by atoms with Gasteiger partial charge in [0.05, 0.1) is 17.9 Å². The number of amides is 2. The SMILES string of the molecule is NCC(=O)Nc1cc(Cl)ccc1NC(=O)CCC1CCCCC1. The maximum atomic E-state index is 12.2. The van der Waals surface area contributed by atoms with Crippen LogP contribution in [0.25, 0.3) is 0 Å². The van der Waals surface area contributed by atoms with Crippen LogP contribution in [0.1, 0.15) is 44.9 Å². The van der Waals surface area contributed by atoms with Gasteiger partial charge in [0.15, 0.2) is 0 Å². The number of hydrogen-bond donors (Lipinski definition) is 3. The normalized spacial score (nSPS) is 15.2. The van der Waals surface area contributed by atoms with Crippen molar-refractivity contribution in [1.29, 1.82) is 0 Å². The maximum Gasteiger partial charge on any atom is 0.238 e. The van der Waals surface area contributed by atoms with Crippen molar-refractivity contribution in [3.05, 3.63) is 23.2 Å². The zero-order valence-electron chi connectivity index (χ0n) is 13.2. The molecule has 6 heteroatoms. The summed E-state index contributed by atoms with van der Waals surface area (Å²) in [4.78, 5) is 23.6. The van der Waals surface area contributed by atoms with Gasteiger partial charge in [-0.3, -0.25) is 9.59 Å². The molecule has 1 fully saturated rings. The second-order valence-electron chi connectivity index (χ2n) is 6.03. The lowest BCUT2D eigenvalue weighted by Gasteiger charge is -2.21. The lowest BCUT2D eigenvalue weighted by atomic mass is 9.86. The molecule has 1 saturated carbocycles. The molecule has 4 N–H and O–H groups in total. The Morgan fingerprint density at radius 2 is 1.78 bits per heavy atom. The van der Waals surface area contributed by atoms with Gasteiger partial charge in [0.25, 0.3) is 0 Å². The minimum Gasteiger partial charge on any atom is -0.324 e. The average Bonchev–Trinajstić information content (AvgIpc) is 2.56. The van der Waals surface area contributed by atoms with Crippen molar-refractivity contribution >= 4 is 34.8 Å². The van der Waals surface area contributed by atoms with E-state index >= 15 is 0 Å². The highest BCUT2D eigenvalue weighted by molar-refractivity contribution is 6.31. The predicted molar refractivity (Wildman–Crippen MR) is 93.6 cm³/mol. The number of benzene rings is 1. The molecule has 5 nitrogen and oxygen atoms in total. The Hall–Kier alpha value is -1.59. The number of carbonyl (C=O) groups is 2. The van der Waals surface area contributed by atoms with E-state index in [1.807, 2.05) is 0 Å². The fourth-order valence-electron chi connectivity index (χ4n) is 2.95. The number of anilines is 2. The van der Waals surface area contributed by atoms with Crippen molar-refractivity contribution in [2.75, 3.05) is 17.2 Å². The summed E-state index contributed by atoms with van der Waals surface area (Å²) in [5, 5.41) is 5.99. The van der Waals surface area contributed by atoms with Gasteiger partial charge in [-0.1, -0.05) is 43.7 Å². The van der Waals surface area contributed by atoms with Gasteiger partial charge in [0, 0.05) is 11.4 Å². The maximum absolute atomic E-state index is 12.2. The van der Waals surface area contributed by atoms with E-state index in [0.717, 1.165) is 6.42 Å². The Morgan fingerprint density at radius 1 is 1.09 bits per heavy atom. The molecule has 0 aromatic heterocycles. The van der Waals surface area contributed by atoms with Crippen LogP contribution in [0.4, 0.5) is 11.4 Å². The first-order chi connectivity index (χ1) is 11.1. The average molecular weight is 338 g/mol. The van der Waals surface area contributed by atoms with Gasteiger partial charge < -0.3 is 16.4 Å². The lowest BCUT2D eigenvalue weighted by molar-refractivity contribution is -0.117. The van der Waals surface area contributed by atoms with Gasteiger partial charge in [0.2, 0.25) is 11.8 Å². The van der Waals surface area contributed by atoms with Crippen LogP contribution in [0, 0.1) is 5.92 Å². The molecular formula is C17H24ClN3O2. The monoisotopic (exact) mass is 337 g/mol. The van der Waals surface area contributed by atoms with Gasteiger partial charge in [0.1, 0.15) is 0 Å². The van der Waals surface area contributed by atoms with Crippen LogP contribution in [0.3, 0.4) is 0 Å². The molecular weight excluding hydrogens is 314 g/mol. The summed E-state index contributed by atoms with van der Waals surface area (Å²) in [6, 6.07) is 4.97. The van der Waals surface area contributed by atoms with E-state index in [9.17, 15) is 9.59 Å². The first-order valence-electron chi connectivity index (χ1n) is 8.18. The molecule has 2 amide bonds. The molecule has 1 aromatic carbocycles. The third-order valence-corrected chi connectivity index (χ3v) is 4.45. The van der Waals surface area contributed by atoms with E-state index in [-0.39, 0.29) is 18.4 Å². The summed E-state index contributed by atoms with van der Waals surface area (Å²) in [5.74, 6) is 0.294. The quantitative estimate of drug-likeness (QED) is 0.742. The largest absolute Gasteiger partial charge is 0.324 e. The Morgan fingerprint density at radius 3 is 2.48 bits per heavy atom. The zero-order valence-corrected chi connectivity index (χ0v) is 14.0. The Kier molecular flexibility index (Phi) is 6.86. The summed E-state index contributed by atoms with van der Waals surface area (Å²) in [6.07, 6.45) is 7.74. The third kappa shape index (κ3) is 5.84. The van der Waals surface area contributed by atoms with Crippen molar-refractivity contribution in [2.24, 2.45) is 11.7 Å². The molecule has 0 heterocycles. The smallest absolute Gasteiger partial charge is 0.238 e. The van der Waals surface area contributed by atoms with E-state index in [1.165, 1.54) is 32.1 Å². The highest BCUT2D eigenvalue weighted by Crippen LogP contribution is 2.29. The van der Waals surface area contributed by atoms with Crippen LogP contribution in [0.5, 0.6) is 0 Å². The summed E-state index contributed by atoms with van der Waals surface area (Å²) in [7, 11) is 0. The first-order valence-corrected chi connectivity index (χ1v) is 8.55. The molecule has 0 spiro atoms. The molecule has 23 heavy (non-hydrogen) atoms. The molecule has 2 rings (SSSR count). The van der Waals surface area contributed by atoms with Crippen molar-refractivity contribution < 1.29 is 9.59 Å². The summed E-state index contributed by atoms with van der Waals surface area (Å²) in [6.45, 7) is -0.123. The molecule has 0 atom stereocenters. The van der Waals surface area contributed by atoms with Crippen molar-refractivity contribution in [2.45, 2.75) is 44.9 Å². The zero-order chi connectivity index (χ0) is 16.7. The summed E-state index contributed by atoms with van der Waals surface area (Å²) >= 11 is 5.95. The Bertz CT molecular complexity index is 557. The van der Waals surface area contributed by atoms with E-state index < -0.39 is 0 Å². The van der Waals surface area contributed by atoms with Crippen molar-refractivity contribution in [3.8, 4) is 0 Å². The van der Waals surface area contributed by atoms with Crippen LogP contribution in [-0.2, 0) is 9.59 Å². The highest BCUT2D eigenvalue weighted by Gasteiger charge is 2.16. The topological polar surface area (TPSA) is 84.2 Å². The lowest BCUT2D eigenvalue weighted by Crippen LogP contribution is -2.23. The van der Waals surface area contributed by atoms with Crippen molar-refractivity contribution in [3.63, 3.8) is 0 Å². The fourth-order valence-corrected chi connectivity index (χ4v) is 3.13. The molecule has 0 bridgehead atoms. The van der Waals surface area contributed by atoms with Gasteiger partial charge in [-0.25, -0.2) is 0 Å². The van der Waals surface area contributed by atoms with Crippen LogP contribution in [-0.4, -0.2) is 18.4 Å². The molecule has 0 saturated heterocycles. The number of nitrogens with two attached hydrogens (primary N) is 1. The molecule has 0 aliphatic heterocycles. The summed E-state index contributed by atoms with van der Waals surface area (Å²) < 4.78 is 0. The number of carbonyl (C=O) groups excluding carboxylic acids is 2. The highest BCUT2D eigenvalue weighted by atomic mass is 35.5. The van der Waals surface area contributed by atoms with Crippen LogP contribution in [0.15, 0.2) is 18.2 Å². The number of rotatable bonds is 6. The Balaban J connectivity index is 1.92. The van der Waals surface area contributed by atoms with Crippen LogP contribution >= 0.6 is 11.6 Å². The number of nitrogens with one attached hydrogen (secondary N) is 2. The van der Waals surface area contributed by atoms with Gasteiger partial charge in [-0.05, 0) is 30.5 Å². The number of hydrogen-bond acceptors (Lipinski definition) is 3. The second kappa shape index (κ2) is 8.89. The molecule has 1 aliphatic rings. The van der Waals surface area contributed by atoms with E-state index in [2.05, 4.69) is 10.6 Å². The predicted octanol–water partition coefficient (Wildman–Crippen LogP) is 3.54. The van der Waals surface area contributed by atoms with E-state index in [4.69, 9.17) is 17.3 Å². The molecule has 0 radical (unpaired) electrons. The van der Waals surface area contributed by atoms with Gasteiger partial charge >= 0.3 is 0 Å². The molecule has 1 aliphatic carbocycles. The Labute approximate surface area is 142 Å². The standard InChI is InChI=1S/C17H24ClN3O2/c18-13-7-8-14(15(10-13)21-17(23)11-19)20-16(22)9-6-12-4-2-1-3-5-12/h7-8,10,12H,1-6,9,11,19H2,(H,20,22)(H,21,23). The second-order valence-corrected chi connectivity index (χ2v) is 6.47. The van der Waals surface area contributed by atoms with Gasteiger partial charge in [-0.15, -0.1) is 0 Å². The minimum absolute atomic E-state index is 0.0406. The minimum atomic E-state index is -0.329. The van der Waals surface area contributed by atoms with Crippen molar-refractivity contribution in [1.82, 2.24) is 0 Å². The van der Waals surface area contributed by atoms with E-state index in [1.54, 1.807) is 18.2 Å². The summed E-state index contributed by atoms with van der Waals surface area (Å²) in [5.41, 5.74) is 6.32. The van der Waals surface area contributed by atoms with Gasteiger partial charge in [-0.2, -0.15) is 0 Å².